The molecule has 0 spiro atoms. The first kappa shape index (κ1) is 18.7. The van der Waals surface area contributed by atoms with Crippen LogP contribution < -0.4 is 5.32 Å². The maximum Gasteiger partial charge on any atom is 0.305 e. The first-order valence-corrected chi connectivity index (χ1v) is 7.64. The average molecular weight is 320 g/mol. The summed E-state index contributed by atoms with van der Waals surface area (Å²) in [6.07, 6.45) is 0.115. The van der Waals surface area contributed by atoms with Gasteiger partial charge in [0.15, 0.2) is 0 Å². The Morgan fingerprint density at radius 2 is 1.96 bits per heavy atom. The predicted octanol–water partition coefficient (Wildman–Crippen LogP) is 2.15. The van der Waals surface area contributed by atoms with Crippen molar-refractivity contribution in [2.45, 2.75) is 33.6 Å². The largest absolute Gasteiger partial charge is 0.481 e. The molecule has 1 aromatic rings. The van der Waals surface area contributed by atoms with Gasteiger partial charge in [0, 0.05) is 25.7 Å². The lowest BCUT2D eigenvalue weighted by molar-refractivity contribution is -0.138. The molecule has 0 bridgehead atoms. The number of benzene rings is 1. The van der Waals surface area contributed by atoms with Crippen molar-refractivity contribution < 1.29 is 19.5 Å². The molecule has 0 aliphatic rings. The smallest absolute Gasteiger partial charge is 0.305 e. The molecule has 0 radical (unpaired) electrons. The second-order valence-electron chi connectivity index (χ2n) is 5.94. The second kappa shape index (κ2) is 8.92. The Balaban J connectivity index is 2.76. The van der Waals surface area contributed by atoms with E-state index < -0.39 is 5.97 Å². The third-order valence-electron chi connectivity index (χ3n) is 3.14. The number of rotatable bonds is 8. The van der Waals surface area contributed by atoms with Gasteiger partial charge in [-0.25, -0.2) is 0 Å². The number of amides is 2. The van der Waals surface area contributed by atoms with Gasteiger partial charge in [0.25, 0.3) is 0 Å². The number of nitrogens with one attached hydrogen (secondary N) is 1. The highest BCUT2D eigenvalue weighted by Crippen LogP contribution is 2.13. The third-order valence-corrected chi connectivity index (χ3v) is 3.14. The monoisotopic (exact) mass is 320 g/mol. The van der Waals surface area contributed by atoms with Crippen molar-refractivity contribution in [1.29, 1.82) is 0 Å². The summed E-state index contributed by atoms with van der Waals surface area (Å²) in [6.45, 7) is 6.13. The van der Waals surface area contributed by atoms with Crippen LogP contribution in [0.3, 0.4) is 0 Å². The minimum absolute atomic E-state index is 0.0651. The van der Waals surface area contributed by atoms with Crippen LogP contribution in [0.4, 0.5) is 5.69 Å². The fourth-order valence-corrected chi connectivity index (χ4v) is 2.24. The standard InChI is InChI=1S/C17H24N2O4/c1-12(2)11-19(8-7-17(22)23)16(21)10-14-5-4-6-15(9-14)18-13(3)20/h4-6,9,12H,7-8,10-11H2,1-3H3,(H,18,20)(H,22,23). The van der Waals surface area contributed by atoms with Gasteiger partial charge < -0.3 is 15.3 Å². The normalized spacial score (nSPS) is 10.4. The fourth-order valence-electron chi connectivity index (χ4n) is 2.24. The van der Waals surface area contributed by atoms with Crippen LogP contribution in [0.1, 0.15) is 32.8 Å². The molecule has 0 aromatic heterocycles. The summed E-state index contributed by atoms with van der Waals surface area (Å²) in [5.74, 6) is -0.936. The number of aliphatic carboxylic acids is 1. The third kappa shape index (κ3) is 7.44. The first-order chi connectivity index (χ1) is 10.8. The molecular weight excluding hydrogens is 296 g/mol. The van der Waals surface area contributed by atoms with Gasteiger partial charge in [-0.15, -0.1) is 0 Å². The molecule has 126 valence electrons. The molecule has 0 aliphatic carbocycles. The van der Waals surface area contributed by atoms with Gasteiger partial charge in [0.2, 0.25) is 11.8 Å². The van der Waals surface area contributed by atoms with Crippen LogP contribution in [0.2, 0.25) is 0 Å². The highest BCUT2D eigenvalue weighted by atomic mass is 16.4. The minimum Gasteiger partial charge on any atom is -0.481 e. The minimum atomic E-state index is -0.917. The molecule has 0 saturated heterocycles. The number of carbonyl (C=O) groups is 3. The zero-order valence-electron chi connectivity index (χ0n) is 13.8. The van der Waals surface area contributed by atoms with Crippen molar-refractivity contribution in [1.82, 2.24) is 4.90 Å². The molecule has 0 atom stereocenters. The number of hydrogen-bond donors (Lipinski definition) is 2. The molecule has 1 rings (SSSR count). The molecule has 2 amide bonds. The number of nitrogens with zero attached hydrogens (tertiary/aromatic N) is 1. The van der Waals surface area contributed by atoms with E-state index in [0.717, 1.165) is 5.56 Å². The van der Waals surface area contributed by atoms with Crippen LogP contribution in [-0.4, -0.2) is 40.9 Å². The van der Waals surface area contributed by atoms with Crippen LogP contribution in [0.5, 0.6) is 0 Å². The van der Waals surface area contributed by atoms with E-state index in [4.69, 9.17) is 5.11 Å². The van der Waals surface area contributed by atoms with E-state index in [1.54, 1.807) is 23.1 Å². The van der Waals surface area contributed by atoms with Crippen LogP contribution in [0.25, 0.3) is 0 Å². The van der Waals surface area contributed by atoms with E-state index in [-0.39, 0.29) is 37.1 Å². The second-order valence-corrected chi connectivity index (χ2v) is 5.94. The lowest BCUT2D eigenvalue weighted by Gasteiger charge is -2.24. The number of carboxylic acids is 1. The Labute approximate surface area is 136 Å². The van der Waals surface area contributed by atoms with Crippen molar-refractivity contribution >= 4 is 23.5 Å². The van der Waals surface area contributed by atoms with E-state index >= 15 is 0 Å². The van der Waals surface area contributed by atoms with E-state index in [9.17, 15) is 14.4 Å². The van der Waals surface area contributed by atoms with Gasteiger partial charge in [-0.2, -0.15) is 0 Å². The first-order valence-electron chi connectivity index (χ1n) is 7.64. The Bertz CT molecular complexity index is 569. The van der Waals surface area contributed by atoms with E-state index in [1.807, 2.05) is 19.9 Å². The van der Waals surface area contributed by atoms with Crippen molar-refractivity contribution in [3.05, 3.63) is 29.8 Å². The van der Waals surface area contributed by atoms with Crippen molar-refractivity contribution in [3.8, 4) is 0 Å². The Hall–Kier alpha value is -2.37. The van der Waals surface area contributed by atoms with Gasteiger partial charge in [-0.3, -0.25) is 14.4 Å². The lowest BCUT2D eigenvalue weighted by Crippen LogP contribution is -2.37. The van der Waals surface area contributed by atoms with Gasteiger partial charge in [-0.05, 0) is 23.6 Å². The van der Waals surface area contributed by atoms with Gasteiger partial charge in [-0.1, -0.05) is 26.0 Å². The summed E-state index contributed by atoms with van der Waals surface area (Å²) >= 11 is 0. The molecule has 23 heavy (non-hydrogen) atoms. The van der Waals surface area contributed by atoms with Crippen LogP contribution in [-0.2, 0) is 20.8 Å². The van der Waals surface area contributed by atoms with E-state index in [1.165, 1.54) is 6.92 Å². The fraction of sp³-hybridized carbons (Fsp3) is 0.471. The molecule has 6 nitrogen and oxygen atoms in total. The number of carboxylic acid groups (broad SMARTS) is 1. The van der Waals surface area contributed by atoms with Crippen molar-refractivity contribution in [3.63, 3.8) is 0 Å². The molecule has 0 heterocycles. The van der Waals surface area contributed by atoms with Crippen molar-refractivity contribution in [2.24, 2.45) is 5.92 Å². The lowest BCUT2D eigenvalue weighted by atomic mass is 10.1. The number of hydrogen-bond acceptors (Lipinski definition) is 3. The van der Waals surface area contributed by atoms with E-state index in [2.05, 4.69) is 5.32 Å². The van der Waals surface area contributed by atoms with Gasteiger partial charge >= 0.3 is 5.97 Å². The van der Waals surface area contributed by atoms with Gasteiger partial charge in [0.05, 0.1) is 12.8 Å². The number of anilines is 1. The highest BCUT2D eigenvalue weighted by Gasteiger charge is 2.16. The van der Waals surface area contributed by atoms with Crippen LogP contribution >= 0.6 is 0 Å². The molecule has 1 aromatic carbocycles. The topological polar surface area (TPSA) is 86.7 Å². The predicted molar refractivity (Wildman–Crippen MR) is 88.1 cm³/mol. The summed E-state index contributed by atoms with van der Waals surface area (Å²) in [4.78, 5) is 35.8. The van der Waals surface area contributed by atoms with Crippen LogP contribution in [0.15, 0.2) is 24.3 Å². The molecule has 0 saturated carbocycles. The average Bonchev–Trinajstić information content (AvgIpc) is 2.42. The molecule has 6 heteroatoms. The molecule has 0 unspecified atom stereocenters. The number of carbonyl (C=O) groups excluding carboxylic acids is 2. The maximum atomic E-state index is 12.4. The highest BCUT2D eigenvalue weighted by molar-refractivity contribution is 5.89. The molecule has 2 N–H and O–H groups in total. The van der Waals surface area contributed by atoms with E-state index in [0.29, 0.717) is 12.2 Å². The summed E-state index contributed by atoms with van der Waals surface area (Å²) in [5, 5.41) is 11.5. The maximum absolute atomic E-state index is 12.4. The summed E-state index contributed by atoms with van der Waals surface area (Å²) < 4.78 is 0. The quantitative estimate of drug-likeness (QED) is 0.768. The van der Waals surface area contributed by atoms with Crippen molar-refractivity contribution in [2.75, 3.05) is 18.4 Å². The van der Waals surface area contributed by atoms with Crippen LogP contribution in [0, 0.1) is 5.92 Å². The molecular formula is C17H24N2O4. The summed E-state index contributed by atoms with van der Waals surface area (Å²) in [5.41, 5.74) is 1.43. The zero-order valence-corrected chi connectivity index (χ0v) is 13.8. The SMILES string of the molecule is CC(=O)Nc1cccc(CC(=O)N(CCC(=O)O)CC(C)C)c1. The Morgan fingerprint density at radius 3 is 2.52 bits per heavy atom. The Morgan fingerprint density at radius 1 is 1.26 bits per heavy atom. The Kier molecular flexibility index (Phi) is 7.25. The molecule has 0 aliphatic heterocycles. The summed E-state index contributed by atoms with van der Waals surface area (Å²) in [7, 11) is 0. The zero-order chi connectivity index (χ0) is 17.4. The molecule has 0 fully saturated rings. The summed E-state index contributed by atoms with van der Waals surface area (Å²) in [6, 6.07) is 7.10. The van der Waals surface area contributed by atoms with Gasteiger partial charge in [0.1, 0.15) is 0 Å².